The van der Waals surface area contributed by atoms with Crippen molar-refractivity contribution in [3.05, 3.63) is 34.9 Å². The Morgan fingerprint density at radius 3 is 2.56 bits per heavy atom. The van der Waals surface area contributed by atoms with E-state index in [1.54, 1.807) is 0 Å². The van der Waals surface area contributed by atoms with Crippen LogP contribution < -0.4 is 5.73 Å². The van der Waals surface area contributed by atoms with Gasteiger partial charge >= 0.3 is 0 Å². The van der Waals surface area contributed by atoms with Crippen molar-refractivity contribution < 1.29 is 0 Å². The number of aliphatic imine (C=N–C) groups is 1. The number of guanidine groups is 1. The third-order valence-electron chi connectivity index (χ3n) is 3.36. The molecule has 0 spiro atoms. The normalized spacial score (nSPS) is 17.1. The summed E-state index contributed by atoms with van der Waals surface area (Å²) in [5.74, 6) is 0.636. The second-order valence-corrected chi connectivity index (χ2v) is 5.34. The molecule has 4 heteroatoms. The van der Waals surface area contributed by atoms with E-state index in [1.165, 1.54) is 31.2 Å². The minimum Gasteiger partial charge on any atom is -0.370 e. The van der Waals surface area contributed by atoms with E-state index in [4.69, 9.17) is 17.3 Å². The van der Waals surface area contributed by atoms with Gasteiger partial charge in [0, 0.05) is 18.6 Å². The molecule has 0 unspecified atom stereocenters. The molecule has 0 amide bonds. The van der Waals surface area contributed by atoms with Gasteiger partial charge in [0.1, 0.15) is 0 Å². The summed E-state index contributed by atoms with van der Waals surface area (Å²) in [7, 11) is 1.97. The molecule has 1 fully saturated rings. The van der Waals surface area contributed by atoms with Crippen molar-refractivity contribution >= 4 is 17.6 Å². The third kappa shape index (κ3) is 3.64. The first-order valence-corrected chi connectivity index (χ1v) is 6.82. The van der Waals surface area contributed by atoms with Crippen molar-refractivity contribution in [3.8, 4) is 0 Å². The first kappa shape index (κ1) is 13.2. The lowest BCUT2D eigenvalue weighted by Gasteiger charge is -2.19. The van der Waals surface area contributed by atoms with Crippen LogP contribution in [0.25, 0.3) is 0 Å². The molecule has 1 aliphatic rings. The quantitative estimate of drug-likeness (QED) is 0.674. The minimum absolute atomic E-state index is 0.428. The lowest BCUT2D eigenvalue weighted by atomic mass is 10.2. The number of hydrogen-bond donors (Lipinski definition) is 1. The molecule has 0 aliphatic heterocycles. The van der Waals surface area contributed by atoms with Crippen LogP contribution in [-0.4, -0.2) is 23.9 Å². The maximum atomic E-state index is 6.02. The van der Waals surface area contributed by atoms with Crippen LogP contribution in [-0.2, 0) is 6.54 Å². The average Bonchev–Trinajstić information content (AvgIpc) is 2.85. The zero-order valence-electron chi connectivity index (χ0n) is 10.8. The molecule has 1 aliphatic carbocycles. The summed E-state index contributed by atoms with van der Waals surface area (Å²) in [4.78, 5) is 6.57. The Hall–Kier alpha value is -1.22. The number of nitrogens with two attached hydrogens (primary N) is 1. The molecule has 0 atom stereocenters. The monoisotopic (exact) mass is 265 g/mol. The molecule has 1 saturated carbocycles. The van der Waals surface area contributed by atoms with Crippen molar-refractivity contribution in [2.45, 2.75) is 38.3 Å². The summed E-state index contributed by atoms with van der Waals surface area (Å²) in [5.41, 5.74) is 7.21. The van der Waals surface area contributed by atoms with Gasteiger partial charge in [-0.2, -0.15) is 0 Å². The minimum atomic E-state index is 0.428. The van der Waals surface area contributed by atoms with E-state index in [-0.39, 0.29) is 0 Å². The van der Waals surface area contributed by atoms with Crippen LogP contribution in [0.2, 0.25) is 5.02 Å². The smallest absolute Gasteiger partial charge is 0.191 e. The van der Waals surface area contributed by atoms with Gasteiger partial charge in [-0.25, -0.2) is 4.99 Å². The highest BCUT2D eigenvalue weighted by atomic mass is 35.5. The molecular formula is C14H20ClN3. The Morgan fingerprint density at radius 2 is 1.94 bits per heavy atom. The zero-order chi connectivity index (χ0) is 13.0. The van der Waals surface area contributed by atoms with Crippen LogP contribution in [0.3, 0.4) is 0 Å². The summed E-state index contributed by atoms with van der Waals surface area (Å²) in [6.45, 7) is 0.763. The fraction of sp³-hybridized carbons (Fsp3) is 0.500. The van der Waals surface area contributed by atoms with Crippen molar-refractivity contribution in [2.75, 3.05) is 7.05 Å². The SMILES string of the molecule is CN(Cc1ccc(Cl)cc1)C(N)=NC1CCCC1. The maximum absolute atomic E-state index is 6.02. The van der Waals surface area contributed by atoms with Crippen LogP contribution >= 0.6 is 11.6 Å². The number of nitrogens with zero attached hydrogens (tertiary/aromatic N) is 2. The predicted octanol–water partition coefficient (Wildman–Crippen LogP) is 3.03. The molecular weight excluding hydrogens is 246 g/mol. The van der Waals surface area contributed by atoms with Gasteiger partial charge in [0.25, 0.3) is 0 Å². The van der Waals surface area contributed by atoms with Gasteiger partial charge in [0.15, 0.2) is 5.96 Å². The molecule has 0 saturated heterocycles. The summed E-state index contributed by atoms with van der Waals surface area (Å²) < 4.78 is 0. The summed E-state index contributed by atoms with van der Waals surface area (Å²) in [6, 6.07) is 8.26. The van der Waals surface area contributed by atoms with E-state index in [1.807, 2.05) is 36.2 Å². The Kier molecular flexibility index (Phi) is 4.48. The predicted molar refractivity (Wildman–Crippen MR) is 76.8 cm³/mol. The number of hydrogen-bond acceptors (Lipinski definition) is 1. The van der Waals surface area contributed by atoms with Gasteiger partial charge in [0.2, 0.25) is 0 Å². The fourth-order valence-electron chi connectivity index (χ4n) is 2.26. The van der Waals surface area contributed by atoms with E-state index in [0.717, 1.165) is 11.6 Å². The summed E-state index contributed by atoms with van der Waals surface area (Å²) in [5, 5.41) is 0.758. The fourth-order valence-corrected chi connectivity index (χ4v) is 2.39. The van der Waals surface area contributed by atoms with Gasteiger partial charge in [-0.1, -0.05) is 36.6 Å². The highest BCUT2D eigenvalue weighted by molar-refractivity contribution is 6.30. The molecule has 98 valence electrons. The number of halogens is 1. The topological polar surface area (TPSA) is 41.6 Å². The summed E-state index contributed by atoms with van der Waals surface area (Å²) in [6.07, 6.45) is 4.91. The second-order valence-electron chi connectivity index (χ2n) is 4.91. The van der Waals surface area contributed by atoms with Crippen LogP contribution in [0.1, 0.15) is 31.2 Å². The van der Waals surface area contributed by atoms with E-state index in [9.17, 15) is 0 Å². The van der Waals surface area contributed by atoms with Crippen molar-refractivity contribution in [2.24, 2.45) is 10.7 Å². The molecule has 0 bridgehead atoms. The van der Waals surface area contributed by atoms with Crippen LogP contribution in [0.4, 0.5) is 0 Å². The molecule has 1 aromatic rings. The third-order valence-corrected chi connectivity index (χ3v) is 3.62. The first-order valence-electron chi connectivity index (χ1n) is 6.44. The van der Waals surface area contributed by atoms with Crippen molar-refractivity contribution in [1.29, 1.82) is 0 Å². The van der Waals surface area contributed by atoms with Gasteiger partial charge in [-0.05, 0) is 30.5 Å². The van der Waals surface area contributed by atoms with Gasteiger partial charge in [-0.15, -0.1) is 0 Å². The van der Waals surface area contributed by atoms with E-state index in [2.05, 4.69) is 4.99 Å². The van der Waals surface area contributed by atoms with E-state index in [0.29, 0.717) is 12.0 Å². The standard InChI is InChI=1S/C14H20ClN3/c1-18(10-11-6-8-12(15)9-7-11)14(16)17-13-4-2-3-5-13/h6-9,13H,2-5,10H2,1H3,(H2,16,17). The van der Waals surface area contributed by atoms with Gasteiger partial charge < -0.3 is 10.6 Å². The van der Waals surface area contributed by atoms with Crippen LogP contribution in [0.5, 0.6) is 0 Å². The summed E-state index contributed by atoms with van der Waals surface area (Å²) >= 11 is 5.86. The molecule has 2 N–H and O–H groups in total. The highest BCUT2D eigenvalue weighted by Gasteiger charge is 2.15. The Bertz CT molecular complexity index is 408. The van der Waals surface area contributed by atoms with Gasteiger partial charge in [-0.3, -0.25) is 0 Å². The Labute approximate surface area is 114 Å². The molecule has 3 nitrogen and oxygen atoms in total. The van der Waals surface area contributed by atoms with E-state index < -0.39 is 0 Å². The zero-order valence-corrected chi connectivity index (χ0v) is 11.5. The molecule has 0 aromatic heterocycles. The number of rotatable bonds is 3. The van der Waals surface area contributed by atoms with E-state index >= 15 is 0 Å². The van der Waals surface area contributed by atoms with Crippen molar-refractivity contribution in [3.63, 3.8) is 0 Å². The maximum Gasteiger partial charge on any atom is 0.191 e. The lowest BCUT2D eigenvalue weighted by molar-refractivity contribution is 0.486. The molecule has 0 heterocycles. The molecule has 2 rings (SSSR count). The highest BCUT2D eigenvalue weighted by Crippen LogP contribution is 2.21. The second kappa shape index (κ2) is 6.10. The molecule has 18 heavy (non-hydrogen) atoms. The Morgan fingerprint density at radius 1 is 1.33 bits per heavy atom. The molecule has 0 radical (unpaired) electrons. The lowest BCUT2D eigenvalue weighted by Crippen LogP contribution is -2.34. The number of benzene rings is 1. The largest absolute Gasteiger partial charge is 0.370 e. The van der Waals surface area contributed by atoms with Gasteiger partial charge in [0.05, 0.1) is 6.04 Å². The van der Waals surface area contributed by atoms with Crippen LogP contribution in [0.15, 0.2) is 29.3 Å². The van der Waals surface area contributed by atoms with Crippen molar-refractivity contribution in [1.82, 2.24) is 4.90 Å². The van der Waals surface area contributed by atoms with Crippen LogP contribution in [0, 0.1) is 0 Å². The first-order chi connectivity index (χ1) is 8.65. The Balaban J connectivity index is 1.94. The molecule has 1 aromatic carbocycles. The average molecular weight is 266 g/mol.